The molecule has 1 aromatic carbocycles. The van der Waals surface area contributed by atoms with Gasteiger partial charge in [-0.1, -0.05) is 12.1 Å². The highest BCUT2D eigenvalue weighted by Gasteiger charge is 2.14. The fraction of sp³-hybridized carbons (Fsp3) is 0.579. The van der Waals surface area contributed by atoms with Gasteiger partial charge in [0.1, 0.15) is 0 Å². The van der Waals surface area contributed by atoms with Crippen LogP contribution in [0.25, 0.3) is 0 Å². The van der Waals surface area contributed by atoms with Crippen LogP contribution in [0.15, 0.2) is 29.3 Å². The molecular formula is C19H33N5O3S. The van der Waals surface area contributed by atoms with Crippen molar-refractivity contribution < 1.29 is 13.2 Å². The van der Waals surface area contributed by atoms with Crippen LogP contribution in [0, 0.1) is 0 Å². The first-order valence-electron chi connectivity index (χ1n) is 9.48. The summed E-state index contributed by atoms with van der Waals surface area (Å²) in [5.74, 6) is 0.761. The highest BCUT2D eigenvalue weighted by atomic mass is 32.2. The molecule has 0 unspecified atom stereocenters. The third-order valence-corrected chi connectivity index (χ3v) is 6.01. The SMILES string of the molecule is CCNC(=NCc1ccc(C(=O)N(C)C)cc1)NCCCN(C)S(=O)(=O)CC. The molecule has 0 aliphatic rings. The zero-order chi connectivity index (χ0) is 21.2. The molecule has 8 nitrogen and oxygen atoms in total. The predicted octanol–water partition coefficient (Wildman–Crippen LogP) is 1.12. The van der Waals surface area contributed by atoms with Gasteiger partial charge in [-0.15, -0.1) is 0 Å². The maximum Gasteiger partial charge on any atom is 0.253 e. The molecule has 0 bridgehead atoms. The Kier molecular flexibility index (Phi) is 9.95. The van der Waals surface area contributed by atoms with Crippen molar-refractivity contribution in [2.75, 3.05) is 46.5 Å². The molecule has 0 atom stereocenters. The van der Waals surface area contributed by atoms with E-state index in [-0.39, 0.29) is 11.7 Å². The van der Waals surface area contributed by atoms with Crippen molar-refractivity contribution in [3.8, 4) is 0 Å². The van der Waals surface area contributed by atoms with Gasteiger partial charge in [0.15, 0.2) is 5.96 Å². The summed E-state index contributed by atoms with van der Waals surface area (Å²) >= 11 is 0. The van der Waals surface area contributed by atoms with E-state index < -0.39 is 10.0 Å². The molecule has 1 amide bonds. The van der Waals surface area contributed by atoms with E-state index in [1.165, 1.54) is 4.31 Å². The second kappa shape index (κ2) is 11.7. The molecule has 1 aromatic rings. The lowest BCUT2D eigenvalue weighted by Gasteiger charge is -2.16. The monoisotopic (exact) mass is 411 g/mol. The van der Waals surface area contributed by atoms with E-state index in [4.69, 9.17) is 0 Å². The van der Waals surface area contributed by atoms with Gasteiger partial charge in [-0.05, 0) is 38.0 Å². The minimum absolute atomic E-state index is 0.0277. The van der Waals surface area contributed by atoms with Crippen molar-refractivity contribution in [1.82, 2.24) is 19.8 Å². The molecule has 158 valence electrons. The maximum atomic E-state index is 11.9. The number of hydrogen-bond acceptors (Lipinski definition) is 4. The Morgan fingerprint density at radius 3 is 2.25 bits per heavy atom. The topological polar surface area (TPSA) is 94.1 Å². The van der Waals surface area contributed by atoms with Gasteiger partial charge in [0.05, 0.1) is 12.3 Å². The molecule has 9 heteroatoms. The number of carbonyl (C=O) groups is 1. The average Bonchev–Trinajstić information content (AvgIpc) is 2.68. The van der Waals surface area contributed by atoms with Crippen molar-refractivity contribution in [1.29, 1.82) is 0 Å². The van der Waals surface area contributed by atoms with Crippen LogP contribution in [0.1, 0.15) is 36.2 Å². The zero-order valence-corrected chi connectivity index (χ0v) is 18.3. The zero-order valence-electron chi connectivity index (χ0n) is 17.5. The lowest BCUT2D eigenvalue weighted by Crippen LogP contribution is -2.39. The molecule has 0 spiro atoms. The van der Waals surface area contributed by atoms with Gasteiger partial charge < -0.3 is 15.5 Å². The Balaban J connectivity index is 2.56. The third kappa shape index (κ3) is 7.85. The van der Waals surface area contributed by atoms with Crippen LogP contribution in [-0.4, -0.2) is 76.0 Å². The number of rotatable bonds is 10. The molecule has 0 fully saturated rings. The number of sulfonamides is 1. The second-order valence-corrected chi connectivity index (χ2v) is 8.96. The summed E-state index contributed by atoms with van der Waals surface area (Å²) in [6.07, 6.45) is 0.682. The van der Waals surface area contributed by atoms with Crippen LogP contribution in [0.4, 0.5) is 0 Å². The Morgan fingerprint density at radius 2 is 1.71 bits per heavy atom. The molecule has 0 saturated carbocycles. The normalized spacial score (nSPS) is 12.1. The number of carbonyl (C=O) groups excluding carboxylic acids is 1. The lowest BCUT2D eigenvalue weighted by atomic mass is 10.1. The third-order valence-electron chi connectivity index (χ3n) is 4.15. The van der Waals surface area contributed by atoms with Crippen LogP contribution < -0.4 is 10.6 Å². The molecule has 0 aliphatic heterocycles. The lowest BCUT2D eigenvalue weighted by molar-refractivity contribution is 0.0827. The Bertz CT molecular complexity index is 745. The highest BCUT2D eigenvalue weighted by Crippen LogP contribution is 2.07. The van der Waals surface area contributed by atoms with Crippen LogP contribution in [-0.2, 0) is 16.6 Å². The molecule has 0 heterocycles. The standard InChI is InChI=1S/C19H33N5O3S/c1-6-20-19(21-13-8-14-24(5)28(26,27)7-2)22-15-16-9-11-17(12-10-16)18(25)23(3)4/h9-12H,6-8,13-15H2,1-5H3,(H2,20,21,22). The number of nitrogens with zero attached hydrogens (tertiary/aromatic N) is 3. The summed E-state index contributed by atoms with van der Waals surface area (Å²) in [7, 11) is 1.92. The quantitative estimate of drug-likeness (QED) is 0.342. The van der Waals surface area contributed by atoms with E-state index in [9.17, 15) is 13.2 Å². The molecule has 0 radical (unpaired) electrons. The number of aliphatic imine (C=N–C) groups is 1. The first-order valence-corrected chi connectivity index (χ1v) is 11.1. The van der Waals surface area contributed by atoms with E-state index in [0.29, 0.717) is 37.6 Å². The van der Waals surface area contributed by atoms with Gasteiger partial charge >= 0.3 is 0 Å². The molecule has 0 saturated heterocycles. The van der Waals surface area contributed by atoms with Gasteiger partial charge in [0.25, 0.3) is 5.91 Å². The van der Waals surface area contributed by atoms with E-state index in [0.717, 1.165) is 12.1 Å². The van der Waals surface area contributed by atoms with Crippen LogP contribution >= 0.6 is 0 Å². The molecule has 28 heavy (non-hydrogen) atoms. The fourth-order valence-corrected chi connectivity index (χ4v) is 3.24. The fourth-order valence-electron chi connectivity index (χ4n) is 2.39. The summed E-state index contributed by atoms with van der Waals surface area (Å²) < 4.78 is 24.9. The minimum atomic E-state index is -3.14. The summed E-state index contributed by atoms with van der Waals surface area (Å²) in [6.45, 7) is 5.92. The molecule has 2 N–H and O–H groups in total. The van der Waals surface area contributed by atoms with Crippen molar-refractivity contribution in [2.24, 2.45) is 4.99 Å². The Labute approximate surface area is 169 Å². The number of benzene rings is 1. The molecule has 0 aromatic heterocycles. The van der Waals surface area contributed by atoms with Gasteiger partial charge in [0, 0.05) is 46.3 Å². The van der Waals surface area contributed by atoms with Crippen molar-refractivity contribution >= 4 is 21.9 Å². The molecule has 0 aliphatic carbocycles. The van der Waals surface area contributed by atoms with Crippen molar-refractivity contribution in [3.63, 3.8) is 0 Å². The van der Waals surface area contributed by atoms with Gasteiger partial charge in [-0.3, -0.25) is 4.79 Å². The summed E-state index contributed by atoms with van der Waals surface area (Å²) in [5.41, 5.74) is 1.65. The predicted molar refractivity (Wildman–Crippen MR) is 114 cm³/mol. The van der Waals surface area contributed by atoms with E-state index >= 15 is 0 Å². The van der Waals surface area contributed by atoms with E-state index in [2.05, 4.69) is 15.6 Å². The maximum absolute atomic E-state index is 11.9. The van der Waals surface area contributed by atoms with Crippen molar-refractivity contribution in [3.05, 3.63) is 35.4 Å². The second-order valence-electron chi connectivity index (χ2n) is 6.59. The highest BCUT2D eigenvalue weighted by molar-refractivity contribution is 7.89. The average molecular weight is 412 g/mol. The smallest absolute Gasteiger partial charge is 0.253 e. The number of guanidine groups is 1. The van der Waals surface area contributed by atoms with E-state index in [1.54, 1.807) is 45.1 Å². The van der Waals surface area contributed by atoms with Crippen molar-refractivity contribution in [2.45, 2.75) is 26.8 Å². The van der Waals surface area contributed by atoms with E-state index in [1.807, 2.05) is 19.1 Å². The Hall–Kier alpha value is -2.13. The molecule has 1 rings (SSSR count). The number of amides is 1. The van der Waals surface area contributed by atoms with Gasteiger partial charge in [-0.2, -0.15) is 0 Å². The summed E-state index contributed by atoms with van der Waals surface area (Å²) in [6, 6.07) is 7.40. The summed E-state index contributed by atoms with van der Waals surface area (Å²) in [5, 5.41) is 6.39. The van der Waals surface area contributed by atoms with Crippen LogP contribution in [0.2, 0.25) is 0 Å². The largest absolute Gasteiger partial charge is 0.357 e. The van der Waals surface area contributed by atoms with Crippen LogP contribution in [0.3, 0.4) is 0 Å². The van der Waals surface area contributed by atoms with Crippen LogP contribution in [0.5, 0.6) is 0 Å². The minimum Gasteiger partial charge on any atom is -0.357 e. The number of nitrogens with one attached hydrogen (secondary N) is 2. The summed E-state index contributed by atoms with van der Waals surface area (Å²) in [4.78, 5) is 18.0. The number of hydrogen-bond donors (Lipinski definition) is 2. The molecular weight excluding hydrogens is 378 g/mol. The first kappa shape index (κ1) is 23.9. The van der Waals surface area contributed by atoms with Gasteiger partial charge in [0.2, 0.25) is 10.0 Å². The Morgan fingerprint density at radius 1 is 1.07 bits per heavy atom. The van der Waals surface area contributed by atoms with Gasteiger partial charge in [-0.25, -0.2) is 17.7 Å². The first-order chi connectivity index (χ1) is 13.2.